The zero-order valence-corrected chi connectivity index (χ0v) is 17.2. The summed E-state index contributed by atoms with van der Waals surface area (Å²) in [7, 11) is 0. The number of rotatable bonds is 11. The average Bonchev–Trinajstić information content (AvgIpc) is 2.71. The largest absolute Gasteiger partial charge is 0.493 e. The number of nitrogens with zero attached hydrogens (tertiary/aromatic N) is 1. The lowest BCUT2D eigenvalue weighted by atomic mass is 10.1. The molecular weight excluding hydrogens is 352 g/mol. The second-order valence-electron chi connectivity index (χ2n) is 6.77. The standard InChI is InChI=1S/C23H32N2O3/c1-4-14-27-22-16-19(24)12-13-21(22)23(26)28-17-20(25(5-2)6-3)15-18-10-8-7-9-11-18/h7-13,16,20H,4-6,14-15,17,24H2,1-3H3/t20-/m0/s1. The number of benzene rings is 2. The molecule has 2 rings (SSSR count). The van der Waals surface area contributed by atoms with Crippen molar-refractivity contribution in [1.29, 1.82) is 0 Å². The van der Waals surface area contributed by atoms with Gasteiger partial charge in [0.05, 0.1) is 6.61 Å². The quantitative estimate of drug-likeness (QED) is 0.465. The Kier molecular flexibility index (Phi) is 8.82. The molecule has 0 aliphatic rings. The van der Waals surface area contributed by atoms with E-state index < -0.39 is 0 Å². The summed E-state index contributed by atoms with van der Waals surface area (Å²) in [5.41, 5.74) is 8.06. The van der Waals surface area contributed by atoms with Gasteiger partial charge in [-0.05, 0) is 43.6 Å². The molecule has 0 aliphatic heterocycles. The van der Waals surface area contributed by atoms with Crippen LogP contribution in [0.25, 0.3) is 0 Å². The fourth-order valence-corrected chi connectivity index (χ4v) is 3.21. The maximum atomic E-state index is 12.7. The predicted molar refractivity (Wildman–Crippen MR) is 114 cm³/mol. The first-order valence-electron chi connectivity index (χ1n) is 10.1. The molecule has 0 saturated heterocycles. The van der Waals surface area contributed by atoms with Gasteiger partial charge in [-0.25, -0.2) is 4.79 Å². The Morgan fingerprint density at radius 1 is 1.07 bits per heavy atom. The number of ether oxygens (including phenoxy) is 2. The normalized spacial score (nSPS) is 12.0. The van der Waals surface area contributed by atoms with Gasteiger partial charge in [-0.1, -0.05) is 51.1 Å². The number of carbonyl (C=O) groups excluding carboxylic acids is 1. The molecule has 152 valence electrons. The maximum absolute atomic E-state index is 12.7. The van der Waals surface area contributed by atoms with E-state index in [1.165, 1.54) is 5.56 Å². The van der Waals surface area contributed by atoms with E-state index in [4.69, 9.17) is 15.2 Å². The summed E-state index contributed by atoms with van der Waals surface area (Å²) in [6, 6.07) is 15.5. The molecule has 0 heterocycles. The van der Waals surface area contributed by atoms with Crippen LogP contribution in [0.2, 0.25) is 0 Å². The molecule has 0 aliphatic carbocycles. The molecule has 0 unspecified atom stereocenters. The lowest BCUT2D eigenvalue weighted by Crippen LogP contribution is -2.40. The molecule has 2 N–H and O–H groups in total. The summed E-state index contributed by atoms with van der Waals surface area (Å²) in [5, 5.41) is 0. The van der Waals surface area contributed by atoms with E-state index in [1.54, 1.807) is 18.2 Å². The highest BCUT2D eigenvalue weighted by atomic mass is 16.5. The molecule has 0 bridgehead atoms. The molecule has 0 radical (unpaired) electrons. The Balaban J connectivity index is 2.10. The minimum absolute atomic E-state index is 0.121. The van der Waals surface area contributed by atoms with Crippen LogP contribution in [0.15, 0.2) is 48.5 Å². The van der Waals surface area contributed by atoms with Crippen molar-refractivity contribution in [2.75, 3.05) is 32.0 Å². The topological polar surface area (TPSA) is 64.8 Å². The summed E-state index contributed by atoms with van der Waals surface area (Å²) >= 11 is 0. The van der Waals surface area contributed by atoms with Gasteiger partial charge < -0.3 is 15.2 Å². The van der Waals surface area contributed by atoms with Crippen molar-refractivity contribution in [3.8, 4) is 5.75 Å². The first kappa shape index (κ1) is 21.8. The highest BCUT2D eigenvalue weighted by Crippen LogP contribution is 2.23. The Labute approximate surface area is 168 Å². The molecule has 2 aromatic rings. The Bertz CT molecular complexity index is 730. The van der Waals surface area contributed by atoms with Gasteiger partial charge >= 0.3 is 5.97 Å². The van der Waals surface area contributed by atoms with E-state index in [2.05, 4.69) is 30.9 Å². The zero-order valence-electron chi connectivity index (χ0n) is 17.2. The molecule has 0 saturated carbocycles. The van der Waals surface area contributed by atoms with Gasteiger partial charge in [-0.2, -0.15) is 0 Å². The molecular formula is C23H32N2O3. The number of esters is 1. The van der Waals surface area contributed by atoms with Crippen LogP contribution < -0.4 is 10.5 Å². The first-order chi connectivity index (χ1) is 13.6. The van der Waals surface area contributed by atoms with Crippen molar-refractivity contribution >= 4 is 11.7 Å². The van der Waals surface area contributed by atoms with E-state index >= 15 is 0 Å². The van der Waals surface area contributed by atoms with Crippen molar-refractivity contribution in [3.05, 3.63) is 59.7 Å². The monoisotopic (exact) mass is 384 g/mol. The van der Waals surface area contributed by atoms with Crippen LogP contribution in [-0.4, -0.2) is 43.2 Å². The number of nitrogens with two attached hydrogens (primary N) is 1. The second-order valence-corrected chi connectivity index (χ2v) is 6.77. The van der Waals surface area contributed by atoms with Gasteiger partial charge in [-0.3, -0.25) is 4.90 Å². The van der Waals surface area contributed by atoms with Crippen LogP contribution in [0.3, 0.4) is 0 Å². The molecule has 0 spiro atoms. The lowest BCUT2D eigenvalue weighted by molar-refractivity contribution is 0.0356. The number of anilines is 1. The van der Waals surface area contributed by atoms with Gasteiger partial charge in [0.15, 0.2) is 0 Å². The highest BCUT2D eigenvalue weighted by molar-refractivity contribution is 5.93. The zero-order chi connectivity index (χ0) is 20.4. The van der Waals surface area contributed by atoms with Crippen LogP contribution in [0.5, 0.6) is 5.75 Å². The molecule has 5 heteroatoms. The molecule has 0 fully saturated rings. The van der Waals surface area contributed by atoms with E-state index in [0.29, 0.717) is 30.2 Å². The third-order valence-corrected chi connectivity index (χ3v) is 4.74. The minimum Gasteiger partial charge on any atom is -0.493 e. The SMILES string of the molecule is CCCOc1cc(N)ccc1C(=O)OC[C@H](Cc1ccccc1)N(CC)CC. The van der Waals surface area contributed by atoms with Gasteiger partial charge in [0.1, 0.15) is 17.9 Å². The third-order valence-electron chi connectivity index (χ3n) is 4.74. The van der Waals surface area contributed by atoms with Crippen molar-refractivity contribution in [3.63, 3.8) is 0 Å². The fraction of sp³-hybridized carbons (Fsp3) is 0.435. The van der Waals surface area contributed by atoms with Gasteiger partial charge in [-0.15, -0.1) is 0 Å². The van der Waals surface area contributed by atoms with Crippen LogP contribution >= 0.6 is 0 Å². The number of hydrogen-bond acceptors (Lipinski definition) is 5. The Morgan fingerprint density at radius 2 is 1.79 bits per heavy atom. The molecule has 0 amide bonds. The Hall–Kier alpha value is -2.53. The number of carbonyl (C=O) groups is 1. The van der Waals surface area contributed by atoms with Gasteiger partial charge in [0.2, 0.25) is 0 Å². The highest BCUT2D eigenvalue weighted by Gasteiger charge is 2.21. The van der Waals surface area contributed by atoms with Gasteiger partial charge in [0.25, 0.3) is 0 Å². The van der Waals surface area contributed by atoms with Crippen LogP contribution in [0.1, 0.15) is 43.1 Å². The summed E-state index contributed by atoms with van der Waals surface area (Å²) in [5.74, 6) is 0.102. The van der Waals surface area contributed by atoms with Crippen LogP contribution in [-0.2, 0) is 11.2 Å². The van der Waals surface area contributed by atoms with E-state index in [9.17, 15) is 4.79 Å². The molecule has 28 heavy (non-hydrogen) atoms. The predicted octanol–water partition coefficient (Wildman–Crippen LogP) is 4.17. The van der Waals surface area contributed by atoms with Crippen LogP contribution in [0.4, 0.5) is 5.69 Å². The average molecular weight is 385 g/mol. The summed E-state index contributed by atoms with van der Waals surface area (Å²) in [6.07, 6.45) is 1.68. The van der Waals surface area contributed by atoms with E-state index in [-0.39, 0.29) is 12.0 Å². The smallest absolute Gasteiger partial charge is 0.341 e. The number of likely N-dealkylation sites (N-methyl/N-ethyl adjacent to an activating group) is 1. The molecule has 0 aromatic heterocycles. The van der Waals surface area contributed by atoms with Crippen molar-refractivity contribution in [2.24, 2.45) is 0 Å². The minimum atomic E-state index is -0.378. The number of nitrogen functional groups attached to an aromatic ring is 1. The molecule has 1 atom stereocenters. The van der Waals surface area contributed by atoms with Crippen molar-refractivity contribution < 1.29 is 14.3 Å². The number of hydrogen-bond donors (Lipinski definition) is 1. The summed E-state index contributed by atoms with van der Waals surface area (Å²) in [4.78, 5) is 15.1. The first-order valence-corrected chi connectivity index (χ1v) is 10.1. The molecule has 5 nitrogen and oxygen atoms in total. The van der Waals surface area contributed by atoms with Crippen molar-refractivity contribution in [2.45, 2.75) is 39.7 Å². The van der Waals surface area contributed by atoms with Crippen LogP contribution in [0, 0.1) is 0 Å². The maximum Gasteiger partial charge on any atom is 0.341 e. The lowest BCUT2D eigenvalue weighted by Gasteiger charge is -2.29. The fourth-order valence-electron chi connectivity index (χ4n) is 3.21. The summed E-state index contributed by atoms with van der Waals surface area (Å²) < 4.78 is 11.4. The van der Waals surface area contributed by atoms with E-state index in [1.807, 2.05) is 25.1 Å². The third kappa shape index (κ3) is 6.27. The van der Waals surface area contributed by atoms with Gasteiger partial charge in [0, 0.05) is 17.8 Å². The molecule has 2 aromatic carbocycles. The second kappa shape index (κ2) is 11.3. The van der Waals surface area contributed by atoms with Crippen molar-refractivity contribution in [1.82, 2.24) is 4.90 Å². The Morgan fingerprint density at radius 3 is 2.43 bits per heavy atom. The summed E-state index contributed by atoms with van der Waals surface area (Å²) in [6.45, 7) is 8.92. The van der Waals surface area contributed by atoms with E-state index in [0.717, 1.165) is 25.9 Å².